The van der Waals surface area contributed by atoms with E-state index in [-0.39, 0.29) is 29.2 Å². The number of anilines is 1. The summed E-state index contributed by atoms with van der Waals surface area (Å²) in [6, 6.07) is 4.43. The number of nitrogens with zero attached hydrogens (tertiary/aromatic N) is 2. The van der Waals surface area contributed by atoms with E-state index in [0.29, 0.717) is 11.4 Å². The zero-order valence-corrected chi connectivity index (χ0v) is 14.3. The van der Waals surface area contributed by atoms with Crippen LogP contribution in [0.15, 0.2) is 22.7 Å². The maximum Gasteiger partial charge on any atom is 0.293 e. The van der Waals surface area contributed by atoms with E-state index in [1.54, 1.807) is 19.1 Å². The van der Waals surface area contributed by atoms with Gasteiger partial charge >= 0.3 is 0 Å². The van der Waals surface area contributed by atoms with Crippen molar-refractivity contribution in [3.63, 3.8) is 0 Å². The van der Waals surface area contributed by atoms with Crippen molar-refractivity contribution in [3.8, 4) is 0 Å². The van der Waals surface area contributed by atoms with E-state index in [0.717, 1.165) is 24.1 Å². The van der Waals surface area contributed by atoms with E-state index in [1.807, 2.05) is 13.8 Å². The van der Waals surface area contributed by atoms with Gasteiger partial charge in [0, 0.05) is 23.2 Å². The molecule has 2 N–H and O–H groups in total. The first-order chi connectivity index (χ1) is 11.9. The molecule has 3 rings (SSSR count). The summed E-state index contributed by atoms with van der Waals surface area (Å²) in [7, 11) is 0. The zero-order chi connectivity index (χ0) is 18.1. The molecule has 1 unspecified atom stereocenters. The van der Waals surface area contributed by atoms with Crippen molar-refractivity contribution in [3.05, 3.63) is 50.9 Å². The summed E-state index contributed by atoms with van der Waals surface area (Å²) in [4.78, 5) is 23.1. The average Bonchev–Trinajstić information content (AvgIpc) is 3.30. The van der Waals surface area contributed by atoms with Crippen LogP contribution in [0.4, 0.5) is 11.4 Å². The molecule has 0 radical (unpaired) electrons. The highest BCUT2D eigenvalue weighted by atomic mass is 16.6. The smallest absolute Gasteiger partial charge is 0.293 e. The standard InChI is InChI=1S/C17H20N4O4/c1-9(16-10(2)20-25-11(16)3)18-14-7-4-12(8-15(14)21(23)24)17(22)19-13-5-6-13/h4,7-9,13,18H,5-6H2,1-3H3,(H,19,22). The van der Waals surface area contributed by atoms with Crippen molar-refractivity contribution < 1.29 is 14.2 Å². The number of rotatable bonds is 6. The van der Waals surface area contributed by atoms with Crippen LogP contribution in [0.25, 0.3) is 0 Å². The third-order valence-electron chi connectivity index (χ3n) is 4.26. The van der Waals surface area contributed by atoms with Gasteiger partial charge in [0.25, 0.3) is 11.6 Å². The maximum absolute atomic E-state index is 12.1. The first-order valence-electron chi connectivity index (χ1n) is 8.15. The average molecular weight is 344 g/mol. The number of carbonyl (C=O) groups excluding carboxylic acids is 1. The van der Waals surface area contributed by atoms with Crippen molar-refractivity contribution >= 4 is 17.3 Å². The molecule has 1 heterocycles. The zero-order valence-electron chi connectivity index (χ0n) is 14.3. The minimum Gasteiger partial charge on any atom is -0.373 e. The lowest BCUT2D eigenvalue weighted by atomic mass is 10.1. The lowest BCUT2D eigenvalue weighted by molar-refractivity contribution is -0.384. The molecule has 0 saturated heterocycles. The van der Waals surface area contributed by atoms with E-state index < -0.39 is 4.92 Å². The summed E-state index contributed by atoms with van der Waals surface area (Å²) in [6.07, 6.45) is 1.92. The molecule has 1 amide bonds. The molecule has 1 aliphatic carbocycles. The van der Waals surface area contributed by atoms with Crippen LogP contribution >= 0.6 is 0 Å². The van der Waals surface area contributed by atoms with Gasteiger partial charge in [0.05, 0.1) is 16.7 Å². The first kappa shape index (κ1) is 16.9. The minimum absolute atomic E-state index is 0.137. The number of hydrogen-bond donors (Lipinski definition) is 2. The molecule has 8 nitrogen and oxygen atoms in total. The van der Waals surface area contributed by atoms with Gasteiger partial charge in [-0.05, 0) is 45.7 Å². The van der Waals surface area contributed by atoms with Crippen LogP contribution in [-0.4, -0.2) is 22.0 Å². The summed E-state index contributed by atoms with van der Waals surface area (Å²) in [5.41, 5.74) is 2.10. The molecule has 0 aliphatic heterocycles. The number of aromatic nitrogens is 1. The molecule has 1 aromatic carbocycles. The molecule has 1 fully saturated rings. The van der Waals surface area contributed by atoms with Crippen molar-refractivity contribution in [1.29, 1.82) is 0 Å². The van der Waals surface area contributed by atoms with Gasteiger partial charge in [-0.1, -0.05) is 5.16 Å². The lowest BCUT2D eigenvalue weighted by Gasteiger charge is -2.15. The van der Waals surface area contributed by atoms with Crippen molar-refractivity contribution in [2.75, 3.05) is 5.32 Å². The Kier molecular flexibility index (Phi) is 4.43. The Morgan fingerprint density at radius 1 is 1.40 bits per heavy atom. The molecule has 132 valence electrons. The van der Waals surface area contributed by atoms with Gasteiger partial charge in [-0.25, -0.2) is 0 Å². The minimum atomic E-state index is -0.490. The predicted molar refractivity (Wildman–Crippen MR) is 91.6 cm³/mol. The number of nitrogens with one attached hydrogen (secondary N) is 2. The van der Waals surface area contributed by atoms with Crippen LogP contribution in [0.2, 0.25) is 0 Å². The number of hydrogen-bond acceptors (Lipinski definition) is 6. The monoisotopic (exact) mass is 344 g/mol. The highest BCUT2D eigenvalue weighted by Gasteiger charge is 2.26. The van der Waals surface area contributed by atoms with Crippen LogP contribution in [0.3, 0.4) is 0 Å². The number of aryl methyl sites for hydroxylation is 2. The van der Waals surface area contributed by atoms with Gasteiger partial charge < -0.3 is 15.2 Å². The van der Waals surface area contributed by atoms with E-state index in [2.05, 4.69) is 15.8 Å². The van der Waals surface area contributed by atoms with Crippen LogP contribution in [0.5, 0.6) is 0 Å². The normalized spacial score (nSPS) is 14.8. The Bertz CT molecular complexity index is 807. The Hall–Kier alpha value is -2.90. The van der Waals surface area contributed by atoms with E-state index in [9.17, 15) is 14.9 Å². The topological polar surface area (TPSA) is 110 Å². The Labute approximate surface area is 144 Å². The lowest BCUT2D eigenvalue weighted by Crippen LogP contribution is -2.25. The van der Waals surface area contributed by atoms with Crippen molar-refractivity contribution in [2.24, 2.45) is 0 Å². The van der Waals surface area contributed by atoms with Crippen molar-refractivity contribution in [1.82, 2.24) is 10.5 Å². The van der Waals surface area contributed by atoms with E-state index in [4.69, 9.17) is 4.52 Å². The third kappa shape index (κ3) is 3.62. The third-order valence-corrected chi connectivity index (χ3v) is 4.26. The molecule has 1 aromatic heterocycles. The maximum atomic E-state index is 12.1. The molecule has 25 heavy (non-hydrogen) atoms. The second-order valence-corrected chi connectivity index (χ2v) is 6.34. The fourth-order valence-corrected chi connectivity index (χ4v) is 2.86. The van der Waals surface area contributed by atoms with Gasteiger partial charge in [0.2, 0.25) is 0 Å². The molecule has 1 atom stereocenters. The van der Waals surface area contributed by atoms with Gasteiger partial charge in [-0.15, -0.1) is 0 Å². The van der Waals surface area contributed by atoms with Crippen LogP contribution < -0.4 is 10.6 Å². The fraction of sp³-hybridized carbons (Fsp3) is 0.412. The molecule has 8 heteroatoms. The summed E-state index contributed by atoms with van der Waals surface area (Å²) >= 11 is 0. The number of nitro groups is 1. The largest absolute Gasteiger partial charge is 0.373 e. The molecule has 0 bridgehead atoms. The second-order valence-electron chi connectivity index (χ2n) is 6.34. The summed E-state index contributed by atoms with van der Waals surface area (Å²) in [5, 5.41) is 21.3. The number of carbonyl (C=O) groups is 1. The quantitative estimate of drug-likeness (QED) is 0.615. The number of benzene rings is 1. The number of amides is 1. The summed E-state index contributed by atoms with van der Waals surface area (Å²) in [6.45, 7) is 5.50. The van der Waals surface area contributed by atoms with Gasteiger partial charge in [-0.2, -0.15) is 0 Å². The molecule has 0 spiro atoms. The molecule has 1 aliphatic rings. The second kappa shape index (κ2) is 6.54. The van der Waals surface area contributed by atoms with Gasteiger partial charge in [0.1, 0.15) is 11.4 Å². The highest BCUT2D eigenvalue weighted by molar-refractivity contribution is 5.96. The predicted octanol–water partition coefficient (Wildman–Crippen LogP) is 3.26. The Morgan fingerprint density at radius 2 is 2.12 bits per heavy atom. The van der Waals surface area contributed by atoms with Crippen molar-refractivity contribution in [2.45, 2.75) is 45.7 Å². The van der Waals surface area contributed by atoms with E-state index >= 15 is 0 Å². The SMILES string of the molecule is Cc1noc(C)c1C(C)Nc1ccc(C(=O)NC2CC2)cc1[N+](=O)[O-]. The molecular weight excluding hydrogens is 324 g/mol. The van der Waals surface area contributed by atoms with Crippen LogP contribution in [0.1, 0.15) is 53.2 Å². The van der Waals surface area contributed by atoms with Gasteiger partial charge in [-0.3, -0.25) is 14.9 Å². The highest BCUT2D eigenvalue weighted by Crippen LogP contribution is 2.31. The van der Waals surface area contributed by atoms with Crippen LogP contribution in [-0.2, 0) is 0 Å². The Balaban J connectivity index is 1.85. The van der Waals surface area contributed by atoms with Gasteiger partial charge in [0.15, 0.2) is 0 Å². The molecule has 1 saturated carbocycles. The first-order valence-corrected chi connectivity index (χ1v) is 8.15. The number of nitro benzene ring substituents is 1. The molecule has 2 aromatic rings. The Morgan fingerprint density at radius 3 is 2.68 bits per heavy atom. The van der Waals surface area contributed by atoms with Crippen LogP contribution in [0, 0.1) is 24.0 Å². The summed E-state index contributed by atoms with van der Waals surface area (Å²) < 4.78 is 5.15. The molecular formula is C17H20N4O4. The fourth-order valence-electron chi connectivity index (χ4n) is 2.86. The van der Waals surface area contributed by atoms with E-state index in [1.165, 1.54) is 6.07 Å². The summed E-state index contributed by atoms with van der Waals surface area (Å²) in [5.74, 6) is 0.386.